The second-order valence-electron chi connectivity index (χ2n) is 3.47. The molecular formula is C12H18N2O4. The van der Waals surface area contributed by atoms with E-state index in [0.717, 1.165) is 0 Å². The zero-order valence-corrected chi connectivity index (χ0v) is 10.1. The van der Waals surface area contributed by atoms with Crippen LogP contribution < -0.4 is 11.1 Å². The van der Waals surface area contributed by atoms with Crippen LogP contribution in [0, 0.1) is 12.3 Å². The summed E-state index contributed by atoms with van der Waals surface area (Å²) in [6.45, 7) is 0.602. The molecule has 0 saturated heterocycles. The molecule has 0 rings (SSSR count). The van der Waals surface area contributed by atoms with Crippen LogP contribution in [-0.2, 0) is 14.3 Å². The SMILES string of the molecule is C#CCCCC(=O)NCCO/C=C/[C@H](N)C(=O)O. The van der Waals surface area contributed by atoms with Crippen molar-refractivity contribution in [2.75, 3.05) is 13.2 Å². The summed E-state index contributed by atoms with van der Waals surface area (Å²) in [7, 11) is 0. The second-order valence-corrected chi connectivity index (χ2v) is 3.47. The summed E-state index contributed by atoms with van der Waals surface area (Å²) in [6.07, 6.45) is 9.12. The quantitative estimate of drug-likeness (QED) is 0.302. The maximum atomic E-state index is 11.2. The molecule has 0 fully saturated rings. The van der Waals surface area contributed by atoms with Gasteiger partial charge in [0.05, 0.1) is 12.8 Å². The number of amides is 1. The van der Waals surface area contributed by atoms with Crippen LogP contribution in [0.15, 0.2) is 12.3 Å². The number of nitrogens with one attached hydrogen (secondary N) is 1. The van der Waals surface area contributed by atoms with Gasteiger partial charge in [-0.3, -0.25) is 9.59 Å². The zero-order chi connectivity index (χ0) is 13.8. The van der Waals surface area contributed by atoms with E-state index in [2.05, 4.69) is 11.2 Å². The summed E-state index contributed by atoms with van der Waals surface area (Å²) >= 11 is 0. The molecule has 0 spiro atoms. The first-order valence-corrected chi connectivity index (χ1v) is 5.54. The van der Waals surface area contributed by atoms with Crippen molar-refractivity contribution < 1.29 is 19.4 Å². The number of carboxylic acid groups (broad SMARTS) is 1. The summed E-state index contributed by atoms with van der Waals surface area (Å²) in [5, 5.41) is 11.1. The number of unbranched alkanes of at least 4 members (excludes halogenated alkanes) is 1. The standard InChI is InChI=1S/C12H18N2O4/c1-2-3-4-5-11(15)14-7-9-18-8-6-10(13)12(16)17/h1,6,8,10H,3-5,7,9,13H2,(H,14,15)(H,16,17)/b8-6+/t10-/m0/s1. The smallest absolute Gasteiger partial charge is 0.324 e. The molecule has 6 nitrogen and oxygen atoms in total. The number of terminal acetylenes is 1. The average molecular weight is 254 g/mol. The van der Waals surface area contributed by atoms with Crippen molar-refractivity contribution in [1.29, 1.82) is 0 Å². The maximum Gasteiger partial charge on any atom is 0.324 e. The fourth-order valence-corrected chi connectivity index (χ4v) is 0.979. The van der Waals surface area contributed by atoms with Crippen molar-refractivity contribution in [3.63, 3.8) is 0 Å². The van der Waals surface area contributed by atoms with E-state index in [1.54, 1.807) is 0 Å². The van der Waals surface area contributed by atoms with Crippen molar-refractivity contribution >= 4 is 11.9 Å². The summed E-state index contributed by atoms with van der Waals surface area (Å²) in [5.74, 6) is 1.24. The van der Waals surface area contributed by atoms with Gasteiger partial charge in [0.1, 0.15) is 12.6 Å². The third-order valence-corrected chi connectivity index (χ3v) is 1.93. The minimum absolute atomic E-state index is 0.0833. The van der Waals surface area contributed by atoms with Crippen LogP contribution in [0.1, 0.15) is 19.3 Å². The molecule has 0 aromatic carbocycles. The van der Waals surface area contributed by atoms with E-state index < -0.39 is 12.0 Å². The number of carbonyl (C=O) groups excluding carboxylic acids is 1. The molecule has 0 saturated carbocycles. The number of carboxylic acids is 1. The van der Waals surface area contributed by atoms with Gasteiger partial charge in [0.2, 0.25) is 5.91 Å². The van der Waals surface area contributed by atoms with Crippen molar-refractivity contribution in [1.82, 2.24) is 5.32 Å². The van der Waals surface area contributed by atoms with E-state index in [4.69, 9.17) is 22.0 Å². The Kier molecular flexibility index (Phi) is 9.04. The van der Waals surface area contributed by atoms with Crippen LogP contribution in [0.5, 0.6) is 0 Å². The Bertz CT molecular complexity index is 333. The summed E-state index contributed by atoms with van der Waals surface area (Å²) < 4.78 is 4.96. The number of nitrogens with two attached hydrogens (primary N) is 1. The minimum atomic E-state index is -1.13. The van der Waals surface area contributed by atoms with Gasteiger partial charge in [0, 0.05) is 12.8 Å². The van der Waals surface area contributed by atoms with Gasteiger partial charge in [-0.2, -0.15) is 0 Å². The third kappa shape index (κ3) is 9.24. The molecule has 4 N–H and O–H groups in total. The highest BCUT2D eigenvalue weighted by atomic mass is 16.5. The number of ether oxygens (including phenoxy) is 1. The summed E-state index contributed by atoms with van der Waals surface area (Å²) in [4.78, 5) is 21.5. The maximum absolute atomic E-state index is 11.2. The molecule has 100 valence electrons. The average Bonchev–Trinajstić information content (AvgIpc) is 2.33. The number of hydrogen-bond acceptors (Lipinski definition) is 4. The van der Waals surface area contributed by atoms with E-state index in [1.807, 2.05) is 0 Å². The van der Waals surface area contributed by atoms with Gasteiger partial charge in [0.25, 0.3) is 0 Å². The van der Waals surface area contributed by atoms with Gasteiger partial charge in [-0.05, 0) is 12.5 Å². The molecule has 0 radical (unpaired) electrons. The van der Waals surface area contributed by atoms with Gasteiger partial charge in [-0.25, -0.2) is 0 Å². The lowest BCUT2D eigenvalue weighted by Crippen LogP contribution is -2.28. The number of aliphatic carboxylic acids is 1. The molecule has 1 atom stereocenters. The predicted molar refractivity (Wildman–Crippen MR) is 66.4 cm³/mol. The molecule has 1 amide bonds. The minimum Gasteiger partial charge on any atom is -0.500 e. The Balaban J connectivity index is 3.48. The molecule has 0 aromatic rings. The van der Waals surface area contributed by atoms with Crippen LogP contribution in [0.3, 0.4) is 0 Å². The Labute approximate surface area is 106 Å². The lowest BCUT2D eigenvalue weighted by molar-refractivity contribution is -0.137. The van der Waals surface area contributed by atoms with E-state index in [0.29, 0.717) is 25.8 Å². The largest absolute Gasteiger partial charge is 0.500 e. The zero-order valence-electron chi connectivity index (χ0n) is 10.1. The Morgan fingerprint density at radius 1 is 1.56 bits per heavy atom. The monoisotopic (exact) mass is 254 g/mol. The van der Waals surface area contributed by atoms with Crippen molar-refractivity contribution in [3.8, 4) is 12.3 Å². The van der Waals surface area contributed by atoms with Gasteiger partial charge in [-0.1, -0.05) is 0 Å². The first kappa shape index (κ1) is 16.0. The van der Waals surface area contributed by atoms with Crippen LogP contribution in [0.25, 0.3) is 0 Å². The van der Waals surface area contributed by atoms with Gasteiger partial charge < -0.3 is 20.9 Å². The van der Waals surface area contributed by atoms with Crippen molar-refractivity contribution in [3.05, 3.63) is 12.3 Å². The van der Waals surface area contributed by atoms with Crippen LogP contribution in [0.2, 0.25) is 0 Å². The van der Waals surface area contributed by atoms with E-state index in [9.17, 15) is 9.59 Å². The second kappa shape index (κ2) is 10.2. The highest BCUT2D eigenvalue weighted by Crippen LogP contribution is 1.92. The van der Waals surface area contributed by atoms with Gasteiger partial charge in [0.15, 0.2) is 0 Å². The van der Waals surface area contributed by atoms with E-state index in [-0.39, 0.29) is 12.5 Å². The highest BCUT2D eigenvalue weighted by molar-refractivity contribution is 5.76. The van der Waals surface area contributed by atoms with Crippen LogP contribution >= 0.6 is 0 Å². The molecule has 18 heavy (non-hydrogen) atoms. The summed E-state index contributed by atoms with van der Waals surface area (Å²) in [5.41, 5.74) is 5.20. The van der Waals surface area contributed by atoms with Crippen LogP contribution in [0.4, 0.5) is 0 Å². The van der Waals surface area contributed by atoms with E-state index in [1.165, 1.54) is 12.3 Å². The molecule has 0 heterocycles. The Morgan fingerprint density at radius 2 is 2.28 bits per heavy atom. The molecule has 0 bridgehead atoms. The van der Waals surface area contributed by atoms with Gasteiger partial charge in [-0.15, -0.1) is 12.3 Å². The molecule has 0 aromatic heterocycles. The molecule has 0 unspecified atom stereocenters. The first-order valence-electron chi connectivity index (χ1n) is 5.54. The normalized spacial score (nSPS) is 11.8. The number of carbonyl (C=O) groups is 2. The molecule has 6 heteroatoms. The number of hydrogen-bond donors (Lipinski definition) is 3. The third-order valence-electron chi connectivity index (χ3n) is 1.93. The fourth-order valence-electron chi connectivity index (χ4n) is 0.979. The highest BCUT2D eigenvalue weighted by Gasteiger charge is 2.05. The fraction of sp³-hybridized carbons (Fsp3) is 0.500. The lowest BCUT2D eigenvalue weighted by Gasteiger charge is -2.04. The summed E-state index contributed by atoms with van der Waals surface area (Å²) in [6, 6.07) is -1.08. The van der Waals surface area contributed by atoms with Crippen molar-refractivity contribution in [2.45, 2.75) is 25.3 Å². The van der Waals surface area contributed by atoms with Crippen molar-refractivity contribution in [2.24, 2.45) is 5.73 Å². The molecule has 0 aliphatic heterocycles. The molecule has 0 aliphatic carbocycles. The number of rotatable bonds is 9. The molecule has 0 aliphatic rings. The van der Waals surface area contributed by atoms with E-state index >= 15 is 0 Å². The van der Waals surface area contributed by atoms with Crippen LogP contribution in [-0.4, -0.2) is 36.2 Å². The lowest BCUT2D eigenvalue weighted by atomic mass is 10.2. The Hall–Kier alpha value is -2.00. The Morgan fingerprint density at radius 3 is 2.89 bits per heavy atom. The molecular weight excluding hydrogens is 236 g/mol. The van der Waals surface area contributed by atoms with Gasteiger partial charge >= 0.3 is 5.97 Å². The first-order chi connectivity index (χ1) is 8.57. The topological polar surface area (TPSA) is 102 Å². The predicted octanol–water partition coefficient (Wildman–Crippen LogP) is -0.152.